The van der Waals surface area contributed by atoms with Crippen molar-refractivity contribution in [2.45, 2.75) is 0 Å². The largest absolute Gasteiger partial charge is 0.497 e. The first kappa shape index (κ1) is 13.9. The van der Waals surface area contributed by atoms with Crippen molar-refractivity contribution in [2.75, 3.05) is 7.11 Å². The van der Waals surface area contributed by atoms with Gasteiger partial charge in [-0.3, -0.25) is 4.79 Å². The highest BCUT2D eigenvalue weighted by molar-refractivity contribution is 6.31. The summed E-state index contributed by atoms with van der Waals surface area (Å²) in [7, 11) is 1.43. The van der Waals surface area contributed by atoms with Crippen LogP contribution in [0.1, 0.15) is 10.4 Å². The molecular weight excluding hydrogens is 288 g/mol. The van der Waals surface area contributed by atoms with Crippen molar-refractivity contribution in [3.63, 3.8) is 0 Å². The molecule has 0 aliphatic carbocycles. The molecule has 1 aromatic heterocycles. The van der Waals surface area contributed by atoms with E-state index in [1.165, 1.54) is 25.3 Å². The van der Waals surface area contributed by atoms with Gasteiger partial charge < -0.3 is 19.6 Å². The zero-order chi connectivity index (χ0) is 14.7. The van der Waals surface area contributed by atoms with Crippen LogP contribution in [0, 0.1) is 0 Å². The van der Waals surface area contributed by atoms with Crippen molar-refractivity contribution in [3.8, 4) is 17.4 Å². The van der Waals surface area contributed by atoms with Gasteiger partial charge in [-0.05, 0) is 12.1 Å². The Labute approximate surface area is 117 Å². The van der Waals surface area contributed by atoms with Crippen molar-refractivity contribution in [2.24, 2.45) is 0 Å². The molecule has 0 saturated carbocycles. The number of aromatic nitrogens is 2. The molecule has 2 N–H and O–H groups in total. The second-order valence-corrected chi connectivity index (χ2v) is 4.00. The number of rotatable bonds is 4. The monoisotopic (exact) mass is 296 g/mol. The Balaban J connectivity index is 2.48. The summed E-state index contributed by atoms with van der Waals surface area (Å²) in [5.74, 6) is -1.02. The Bertz CT molecular complexity index is 713. The van der Waals surface area contributed by atoms with E-state index in [1.54, 1.807) is 0 Å². The summed E-state index contributed by atoms with van der Waals surface area (Å²) < 4.78 is 10.3. The lowest BCUT2D eigenvalue weighted by molar-refractivity contribution is 0.0694. The predicted molar refractivity (Wildman–Crippen MR) is 69.9 cm³/mol. The summed E-state index contributed by atoms with van der Waals surface area (Å²) in [5.41, 5.74) is -0.694. The first-order valence-corrected chi connectivity index (χ1v) is 5.73. The Morgan fingerprint density at radius 2 is 2.20 bits per heavy atom. The minimum Gasteiger partial charge on any atom is -0.497 e. The Hall–Kier alpha value is -2.54. The summed E-state index contributed by atoms with van der Waals surface area (Å²) in [4.78, 5) is 28.5. The van der Waals surface area contributed by atoms with E-state index in [0.717, 1.165) is 6.33 Å². The van der Waals surface area contributed by atoms with Gasteiger partial charge in [-0.25, -0.2) is 9.78 Å². The molecule has 7 nitrogen and oxygen atoms in total. The van der Waals surface area contributed by atoms with E-state index < -0.39 is 11.5 Å². The van der Waals surface area contributed by atoms with Crippen LogP contribution in [0.25, 0.3) is 0 Å². The number of hydrogen-bond acceptors (Lipinski definition) is 5. The van der Waals surface area contributed by atoms with Crippen molar-refractivity contribution in [1.82, 2.24) is 9.97 Å². The lowest BCUT2D eigenvalue weighted by Crippen LogP contribution is -2.09. The number of carboxylic acids is 1. The molecule has 0 aliphatic heterocycles. The Morgan fingerprint density at radius 3 is 2.85 bits per heavy atom. The number of aromatic amines is 1. The van der Waals surface area contributed by atoms with E-state index in [9.17, 15) is 9.59 Å². The van der Waals surface area contributed by atoms with E-state index in [1.807, 2.05) is 0 Å². The van der Waals surface area contributed by atoms with E-state index in [-0.39, 0.29) is 22.2 Å². The number of halogens is 1. The molecule has 0 bridgehead atoms. The number of carboxylic acid groups (broad SMARTS) is 1. The number of nitrogens with one attached hydrogen (secondary N) is 1. The van der Waals surface area contributed by atoms with Gasteiger partial charge in [-0.1, -0.05) is 11.6 Å². The van der Waals surface area contributed by atoms with Gasteiger partial charge in [-0.2, -0.15) is 0 Å². The van der Waals surface area contributed by atoms with Crippen molar-refractivity contribution < 1.29 is 19.4 Å². The normalized spacial score (nSPS) is 10.1. The number of ether oxygens (including phenoxy) is 2. The minimum atomic E-state index is -1.19. The number of carbonyl (C=O) groups is 1. The number of aromatic carboxylic acids is 1. The molecule has 20 heavy (non-hydrogen) atoms. The molecule has 0 atom stereocenters. The van der Waals surface area contributed by atoms with Crippen LogP contribution >= 0.6 is 11.6 Å². The lowest BCUT2D eigenvalue weighted by Gasteiger charge is -2.10. The maximum Gasteiger partial charge on any atom is 0.339 e. The standard InChI is InChI=1S/C12H9ClN2O5/c1-19-6-2-3-7(12(17)18)8(4-6)20-11-9(13)10(16)14-5-15-11/h2-5H,1H3,(H,17,18)(H,14,15,16). The van der Waals surface area contributed by atoms with Gasteiger partial charge in [0.2, 0.25) is 5.88 Å². The van der Waals surface area contributed by atoms with Gasteiger partial charge in [-0.15, -0.1) is 0 Å². The molecule has 0 fully saturated rings. The third-order valence-electron chi connectivity index (χ3n) is 2.39. The minimum absolute atomic E-state index is 0.0307. The molecule has 1 heterocycles. The quantitative estimate of drug-likeness (QED) is 0.894. The first-order valence-electron chi connectivity index (χ1n) is 5.35. The fourth-order valence-corrected chi connectivity index (χ4v) is 1.57. The van der Waals surface area contributed by atoms with Crippen LogP contribution < -0.4 is 15.0 Å². The summed E-state index contributed by atoms with van der Waals surface area (Å²) >= 11 is 5.74. The van der Waals surface area contributed by atoms with E-state index in [2.05, 4.69) is 9.97 Å². The second kappa shape index (κ2) is 5.62. The third kappa shape index (κ3) is 2.72. The van der Waals surface area contributed by atoms with Gasteiger partial charge in [0.05, 0.1) is 13.4 Å². The molecule has 0 saturated heterocycles. The van der Waals surface area contributed by atoms with Crippen molar-refractivity contribution >= 4 is 17.6 Å². The summed E-state index contributed by atoms with van der Waals surface area (Å²) in [6.45, 7) is 0. The average molecular weight is 297 g/mol. The number of hydrogen-bond donors (Lipinski definition) is 2. The summed E-state index contributed by atoms with van der Waals surface area (Å²) in [5, 5.41) is 8.82. The average Bonchev–Trinajstić information content (AvgIpc) is 2.43. The Morgan fingerprint density at radius 1 is 1.45 bits per heavy atom. The van der Waals surface area contributed by atoms with Gasteiger partial charge in [0, 0.05) is 6.07 Å². The zero-order valence-electron chi connectivity index (χ0n) is 10.2. The molecule has 2 aromatic rings. The lowest BCUT2D eigenvalue weighted by atomic mass is 10.2. The van der Waals surface area contributed by atoms with Crippen LogP contribution in [0.4, 0.5) is 0 Å². The second-order valence-electron chi connectivity index (χ2n) is 3.62. The van der Waals surface area contributed by atoms with Gasteiger partial charge in [0.1, 0.15) is 17.1 Å². The number of benzene rings is 1. The van der Waals surface area contributed by atoms with Gasteiger partial charge in [0.25, 0.3) is 5.56 Å². The molecular formula is C12H9ClN2O5. The molecule has 8 heteroatoms. The topological polar surface area (TPSA) is 102 Å². The maximum atomic E-state index is 11.3. The molecule has 0 unspecified atom stereocenters. The highest BCUT2D eigenvalue weighted by Crippen LogP contribution is 2.30. The molecule has 0 spiro atoms. The molecule has 2 rings (SSSR count). The van der Waals surface area contributed by atoms with Crippen LogP contribution in [-0.2, 0) is 0 Å². The Kier molecular flexibility index (Phi) is 3.90. The highest BCUT2D eigenvalue weighted by Gasteiger charge is 2.16. The molecule has 1 aromatic carbocycles. The molecule has 104 valence electrons. The molecule has 0 aliphatic rings. The summed E-state index contributed by atoms with van der Waals surface area (Å²) in [6.07, 6.45) is 1.10. The van der Waals surface area contributed by atoms with Crippen LogP contribution in [0.5, 0.6) is 17.4 Å². The summed E-state index contributed by atoms with van der Waals surface area (Å²) in [6, 6.07) is 4.16. The fourth-order valence-electron chi connectivity index (χ4n) is 1.43. The smallest absolute Gasteiger partial charge is 0.339 e. The van der Waals surface area contributed by atoms with E-state index in [0.29, 0.717) is 5.75 Å². The van der Waals surface area contributed by atoms with Crippen LogP contribution in [0.2, 0.25) is 5.02 Å². The SMILES string of the molecule is COc1ccc(C(=O)O)c(Oc2nc[nH]c(=O)c2Cl)c1. The fraction of sp³-hybridized carbons (Fsp3) is 0.0833. The number of methoxy groups -OCH3 is 1. The van der Waals surface area contributed by atoms with Gasteiger partial charge >= 0.3 is 5.97 Å². The van der Waals surface area contributed by atoms with Crippen LogP contribution in [0.15, 0.2) is 29.3 Å². The predicted octanol–water partition coefficient (Wildman–Crippen LogP) is 1.92. The number of nitrogens with zero attached hydrogens (tertiary/aromatic N) is 1. The van der Waals surface area contributed by atoms with E-state index >= 15 is 0 Å². The highest BCUT2D eigenvalue weighted by atomic mass is 35.5. The number of H-pyrrole nitrogens is 1. The maximum absolute atomic E-state index is 11.3. The molecule has 0 amide bonds. The van der Waals surface area contributed by atoms with Gasteiger partial charge in [0.15, 0.2) is 5.02 Å². The van der Waals surface area contributed by atoms with Crippen molar-refractivity contribution in [3.05, 3.63) is 45.5 Å². The zero-order valence-corrected chi connectivity index (χ0v) is 11.0. The first-order chi connectivity index (χ1) is 9.52. The van der Waals surface area contributed by atoms with Crippen LogP contribution in [0.3, 0.4) is 0 Å². The molecule has 0 radical (unpaired) electrons. The van der Waals surface area contributed by atoms with Crippen molar-refractivity contribution in [1.29, 1.82) is 0 Å². The van der Waals surface area contributed by atoms with Crippen LogP contribution in [-0.4, -0.2) is 28.2 Å². The third-order valence-corrected chi connectivity index (χ3v) is 2.72. The van der Waals surface area contributed by atoms with E-state index in [4.69, 9.17) is 26.2 Å².